The number of benzene rings is 1. The van der Waals surface area contributed by atoms with E-state index in [-0.39, 0.29) is 18.1 Å². The summed E-state index contributed by atoms with van der Waals surface area (Å²) in [4.78, 5) is 11.8. The molecule has 1 amide bonds. The topological polar surface area (TPSA) is 68.0 Å². The maximum absolute atomic E-state index is 12.8. The third-order valence-corrected chi connectivity index (χ3v) is 3.89. The van der Waals surface area contributed by atoms with Gasteiger partial charge in [0.05, 0.1) is 0 Å². The molecule has 5 nitrogen and oxygen atoms in total. The number of aryl methyl sites for hydroxylation is 1. The number of nitrogens with one attached hydrogen (secondary N) is 1. The average Bonchev–Trinajstić information content (AvgIpc) is 3.23. The number of hydrogen-bond donors (Lipinski definition) is 1. The summed E-state index contributed by atoms with van der Waals surface area (Å²) >= 11 is 1.55. The lowest BCUT2D eigenvalue weighted by atomic mass is 10.2. The molecule has 118 valence electrons. The molecule has 0 unspecified atom stereocenters. The van der Waals surface area contributed by atoms with Crippen LogP contribution in [-0.2, 0) is 17.8 Å². The third kappa shape index (κ3) is 4.23. The second kappa shape index (κ2) is 7.15. The second-order valence-electron chi connectivity index (χ2n) is 4.92. The molecule has 1 N–H and O–H groups in total. The zero-order chi connectivity index (χ0) is 16.1. The van der Waals surface area contributed by atoms with Crippen LogP contribution in [0.2, 0.25) is 0 Å². The number of hydrogen-bond acceptors (Lipinski definition) is 5. The van der Waals surface area contributed by atoms with Crippen molar-refractivity contribution in [3.05, 3.63) is 58.4 Å². The fourth-order valence-electron chi connectivity index (χ4n) is 1.97. The smallest absolute Gasteiger partial charge is 0.248 e. The van der Waals surface area contributed by atoms with Gasteiger partial charge >= 0.3 is 0 Å². The fraction of sp³-hybridized carbons (Fsp3) is 0.188. The summed E-state index contributed by atoms with van der Waals surface area (Å²) in [7, 11) is 0. The first-order chi connectivity index (χ1) is 11.2. The lowest BCUT2D eigenvalue weighted by Gasteiger charge is -2.04. The second-order valence-corrected chi connectivity index (χ2v) is 5.70. The highest BCUT2D eigenvalue weighted by Gasteiger charge is 2.10. The molecule has 0 aliphatic carbocycles. The van der Waals surface area contributed by atoms with Gasteiger partial charge in [0.25, 0.3) is 0 Å². The SMILES string of the molecule is O=C(CCc1nnc(-c2ccsc2)o1)NCc1ccc(F)cc1. The van der Waals surface area contributed by atoms with Gasteiger partial charge in [0.15, 0.2) is 0 Å². The van der Waals surface area contributed by atoms with Gasteiger partial charge in [-0.3, -0.25) is 4.79 Å². The van der Waals surface area contributed by atoms with Crippen molar-refractivity contribution in [1.29, 1.82) is 0 Å². The molecule has 1 aromatic carbocycles. The van der Waals surface area contributed by atoms with Crippen molar-refractivity contribution >= 4 is 17.2 Å². The quantitative estimate of drug-likeness (QED) is 0.753. The Morgan fingerprint density at radius 3 is 2.78 bits per heavy atom. The van der Waals surface area contributed by atoms with Gasteiger partial charge in [-0.05, 0) is 29.1 Å². The molecule has 7 heteroatoms. The highest BCUT2D eigenvalue weighted by molar-refractivity contribution is 7.08. The Morgan fingerprint density at radius 2 is 2.04 bits per heavy atom. The molecule has 0 atom stereocenters. The first-order valence-corrected chi connectivity index (χ1v) is 8.01. The molecule has 0 radical (unpaired) electrons. The fourth-order valence-corrected chi connectivity index (χ4v) is 2.60. The molecule has 0 bridgehead atoms. The number of nitrogens with zero attached hydrogens (tertiary/aromatic N) is 2. The molecule has 2 aromatic heterocycles. The summed E-state index contributed by atoms with van der Waals surface area (Å²) in [5.74, 6) is 0.485. The van der Waals surface area contributed by atoms with Crippen LogP contribution in [0.4, 0.5) is 4.39 Å². The van der Waals surface area contributed by atoms with Gasteiger partial charge in [-0.25, -0.2) is 4.39 Å². The van der Waals surface area contributed by atoms with Crippen molar-refractivity contribution in [2.75, 3.05) is 0 Å². The third-order valence-electron chi connectivity index (χ3n) is 3.20. The van der Waals surface area contributed by atoms with Gasteiger partial charge in [0.1, 0.15) is 5.82 Å². The minimum absolute atomic E-state index is 0.121. The Hall–Kier alpha value is -2.54. The minimum atomic E-state index is -0.294. The van der Waals surface area contributed by atoms with Crippen LogP contribution in [-0.4, -0.2) is 16.1 Å². The van der Waals surface area contributed by atoms with E-state index < -0.39 is 0 Å². The summed E-state index contributed by atoms with van der Waals surface area (Å²) in [5, 5.41) is 14.5. The van der Waals surface area contributed by atoms with Crippen molar-refractivity contribution in [2.24, 2.45) is 0 Å². The standard InChI is InChI=1S/C16H14FN3O2S/c17-13-3-1-11(2-4-13)9-18-14(21)5-6-15-19-20-16(22-15)12-7-8-23-10-12/h1-4,7-8,10H,5-6,9H2,(H,18,21). The van der Waals surface area contributed by atoms with Crippen molar-refractivity contribution in [2.45, 2.75) is 19.4 Å². The van der Waals surface area contributed by atoms with E-state index in [0.717, 1.165) is 11.1 Å². The van der Waals surface area contributed by atoms with Crippen LogP contribution in [0.3, 0.4) is 0 Å². The first-order valence-electron chi connectivity index (χ1n) is 7.07. The Kier molecular flexibility index (Phi) is 4.77. The van der Waals surface area contributed by atoms with E-state index in [4.69, 9.17) is 4.42 Å². The van der Waals surface area contributed by atoms with Gasteiger partial charge in [0, 0.05) is 30.3 Å². The summed E-state index contributed by atoms with van der Waals surface area (Å²) in [5.41, 5.74) is 1.73. The number of amides is 1. The largest absolute Gasteiger partial charge is 0.421 e. The number of rotatable bonds is 6. The van der Waals surface area contributed by atoms with Crippen LogP contribution in [0.25, 0.3) is 11.5 Å². The van der Waals surface area contributed by atoms with E-state index in [1.807, 2.05) is 16.8 Å². The van der Waals surface area contributed by atoms with Crippen LogP contribution in [0.5, 0.6) is 0 Å². The van der Waals surface area contributed by atoms with E-state index in [9.17, 15) is 9.18 Å². The van der Waals surface area contributed by atoms with E-state index in [2.05, 4.69) is 15.5 Å². The van der Waals surface area contributed by atoms with Crippen molar-refractivity contribution in [1.82, 2.24) is 15.5 Å². The summed E-state index contributed by atoms with van der Waals surface area (Å²) in [6.07, 6.45) is 0.638. The molecule has 0 saturated carbocycles. The number of carbonyl (C=O) groups excluding carboxylic acids is 1. The minimum Gasteiger partial charge on any atom is -0.421 e. The average molecular weight is 331 g/mol. The Labute approximate surface area is 136 Å². The van der Waals surface area contributed by atoms with Crippen LogP contribution in [0.15, 0.2) is 45.5 Å². The molecule has 0 fully saturated rings. The van der Waals surface area contributed by atoms with Crippen LogP contribution in [0.1, 0.15) is 17.9 Å². The highest BCUT2D eigenvalue weighted by atomic mass is 32.1. The maximum atomic E-state index is 12.8. The van der Waals surface area contributed by atoms with Crippen LogP contribution < -0.4 is 5.32 Å². The maximum Gasteiger partial charge on any atom is 0.248 e. The number of halogens is 1. The van der Waals surface area contributed by atoms with Crippen LogP contribution >= 0.6 is 11.3 Å². The summed E-state index contributed by atoms with van der Waals surface area (Å²) < 4.78 is 18.3. The van der Waals surface area contributed by atoms with Crippen LogP contribution in [0, 0.1) is 5.82 Å². The lowest BCUT2D eigenvalue weighted by Crippen LogP contribution is -2.23. The number of carbonyl (C=O) groups is 1. The zero-order valence-electron chi connectivity index (χ0n) is 12.2. The van der Waals surface area contributed by atoms with E-state index >= 15 is 0 Å². The highest BCUT2D eigenvalue weighted by Crippen LogP contribution is 2.20. The molecular weight excluding hydrogens is 317 g/mol. The normalized spacial score (nSPS) is 10.7. The molecule has 0 aliphatic heterocycles. The predicted octanol–water partition coefficient (Wildman–Crippen LogP) is 3.19. The van der Waals surface area contributed by atoms with Gasteiger partial charge in [-0.2, -0.15) is 11.3 Å². The number of aromatic nitrogens is 2. The molecule has 0 aliphatic rings. The first kappa shape index (κ1) is 15.4. The van der Waals surface area contributed by atoms with Gasteiger partial charge in [0.2, 0.25) is 17.7 Å². The predicted molar refractivity (Wildman–Crippen MR) is 84.2 cm³/mol. The van der Waals surface area contributed by atoms with E-state index in [1.54, 1.807) is 23.5 Å². The lowest BCUT2D eigenvalue weighted by molar-refractivity contribution is -0.121. The van der Waals surface area contributed by atoms with Crippen molar-refractivity contribution in [3.63, 3.8) is 0 Å². The van der Waals surface area contributed by atoms with E-state index in [1.165, 1.54) is 12.1 Å². The molecule has 0 saturated heterocycles. The molecule has 3 rings (SSSR count). The van der Waals surface area contributed by atoms with Gasteiger partial charge in [-0.1, -0.05) is 12.1 Å². The molecule has 3 aromatic rings. The summed E-state index contributed by atoms with van der Waals surface area (Å²) in [6, 6.07) is 7.91. The van der Waals surface area contributed by atoms with Gasteiger partial charge in [-0.15, -0.1) is 10.2 Å². The molecule has 23 heavy (non-hydrogen) atoms. The molecule has 0 spiro atoms. The molecular formula is C16H14FN3O2S. The van der Waals surface area contributed by atoms with E-state index in [0.29, 0.717) is 24.7 Å². The number of thiophene rings is 1. The Bertz CT molecular complexity index is 769. The Morgan fingerprint density at radius 1 is 1.22 bits per heavy atom. The van der Waals surface area contributed by atoms with Crippen molar-refractivity contribution in [3.8, 4) is 11.5 Å². The monoisotopic (exact) mass is 331 g/mol. The Balaban J connectivity index is 1.46. The van der Waals surface area contributed by atoms with Gasteiger partial charge < -0.3 is 9.73 Å². The summed E-state index contributed by atoms with van der Waals surface area (Å²) in [6.45, 7) is 0.364. The van der Waals surface area contributed by atoms with Crippen molar-refractivity contribution < 1.29 is 13.6 Å². The zero-order valence-corrected chi connectivity index (χ0v) is 13.0. The molecule has 2 heterocycles.